The van der Waals surface area contributed by atoms with E-state index in [1.165, 1.54) is 22.1 Å². The first-order valence-electron chi connectivity index (χ1n) is 10.6. The van der Waals surface area contributed by atoms with Crippen LogP contribution in [0.5, 0.6) is 0 Å². The summed E-state index contributed by atoms with van der Waals surface area (Å²) >= 11 is 1.18. The van der Waals surface area contributed by atoms with E-state index in [1.54, 1.807) is 30.9 Å². The Labute approximate surface area is 192 Å². The van der Waals surface area contributed by atoms with Crippen LogP contribution in [0, 0.1) is 6.92 Å². The number of amides is 2. The van der Waals surface area contributed by atoms with E-state index >= 15 is 0 Å². The molecule has 0 saturated carbocycles. The molecule has 0 bridgehead atoms. The molecule has 0 aliphatic carbocycles. The standard InChI is InChI=1S/C22H23F3N4O3S/c1-3-32-21(31)28-9-7-15(8-10-28)26-19(30)18-12-17-13(2)27-29(20(17)33-18)16-6-4-5-14(11-16)22(23,24)25/h4-6,11-12,15H,3,7-10H2,1-2H3,(H,26,30). The third kappa shape index (κ3) is 4.82. The largest absolute Gasteiger partial charge is 0.450 e. The third-order valence-corrected chi connectivity index (χ3v) is 6.65. The first-order valence-corrected chi connectivity index (χ1v) is 11.4. The fourth-order valence-electron chi connectivity index (χ4n) is 3.83. The van der Waals surface area contributed by atoms with Gasteiger partial charge in [0.2, 0.25) is 0 Å². The smallest absolute Gasteiger partial charge is 0.416 e. The minimum absolute atomic E-state index is 0.0746. The van der Waals surface area contributed by atoms with Crippen LogP contribution in [0.4, 0.5) is 18.0 Å². The van der Waals surface area contributed by atoms with Crippen molar-refractivity contribution in [3.8, 4) is 5.69 Å². The van der Waals surface area contributed by atoms with Gasteiger partial charge in [0.05, 0.1) is 28.4 Å². The predicted octanol–water partition coefficient (Wildman–Crippen LogP) is 4.76. The highest BCUT2D eigenvalue weighted by molar-refractivity contribution is 7.20. The lowest BCUT2D eigenvalue weighted by molar-refractivity contribution is -0.137. The summed E-state index contributed by atoms with van der Waals surface area (Å²) in [6.07, 6.45) is -3.57. The normalized spacial score (nSPS) is 15.1. The Balaban J connectivity index is 1.50. The Morgan fingerprint density at radius 1 is 1.24 bits per heavy atom. The van der Waals surface area contributed by atoms with Crippen molar-refractivity contribution < 1.29 is 27.5 Å². The van der Waals surface area contributed by atoms with E-state index < -0.39 is 11.7 Å². The second-order valence-electron chi connectivity index (χ2n) is 7.81. The number of likely N-dealkylation sites (tertiary alicyclic amines) is 1. The summed E-state index contributed by atoms with van der Waals surface area (Å²) in [5.74, 6) is -0.249. The van der Waals surface area contributed by atoms with Crippen LogP contribution < -0.4 is 5.32 Å². The second kappa shape index (κ2) is 9.05. The molecule has 0 radical (unpaired) electrons. The molecule has 1 N–H and O–H groups in total. The van der Waals surface area contributed by atoms with Gasteiger partial charge in [-0.1, -0.05) is 6.07 Å². The van der Waals surface area contributed by atoms with Crippen molar-refractivity contribution in [2.24, 2.45) is 0 Å². The number of aryl methyl sites for hydroxylation is 1. The van der Waals surface area contributed by atoms with Gasteiger partial charge >= 0.3 is 12.3 Å². The van der Waals surface area contributed by atoms with Crippen molar-refractivity contribution in [3.63, 3.8) is 0 Å². The van der Waals surface area contributed by atoms with Crippen LogP contribution in [0.25, 0.3) is 15.9 Å². The monoisotopic (exact) mass is 480 g/mol. The van der Waals surface area contributed by atoms with Gasteiger partial charge in [-0.25, -0.2) is 9.48 Å². The van der Waals surface area contributed by atoms with Gasteiger partial charge in [-0.05, 0) is 51.0 Å². The van der Waals surface area contributed by atoms with E-state index in [0.717, 1.165) is 17.5 Å². The predicted molar refractivity (Wildman–Crippen MR) is 118 cm³/mol. The number of carbonyl (C=O) groups excluding carboxylic acids is 2. The second-order valence-corrected chi connectivity index (χ2v) is 8.84. The molecule has 3 aromatic rings. The Bertz CT molecular complexity index is 1180. The summed E-state index contributed by atoms with van der Waals surface area (Å²) in [7, 11) is 0. The van der Waals surface area contributed by atoms with Crippen molar-refractivity contribution >= 4 is 33.6 Å². The molecule has 0 spiro atoms. The summed E-state index contributed by atoms with van der Waals surface area (Å²) in [6.45, 7) is 4.83. The fourth-order valence-corrected chi connectivity index (χ4v) is 4.91. The van der Waals surface area contributed by atoms with Gasteiger partial charge in [-0.15, -0.1) is 11.3 Å². The number of hydrogen-bond donors (Lipinski definition) is 1. The molecular formula is C22H23F3N4O3S. The van der Waals surface area contributed by atoms with Crippen LogP contribution in [0.1, 0.15) is 40.7 Å². The topological polar surface area (TPSA) is 76.5 Å². The lowest BCUT2D eigenvalue weighted by atomic mass is 10.1. The minimum atomic E-state index is -4.46. The molecule has 2 amide bonds. The molecule has 176 valence electrons. The molecule has 33 heavy (non-hydrogen) atoms. The highest BCUT2D eigenvalue weighted by atomic mass is 32.1. The van der Waals surface area contributed by atoms with Gasteiger partial charge < -0.3 is 15.0 Å². The third-order valence-electron chi connectivity index (χ3n) is 5.54. The molecule has 0 unspecified atom stereocenters. The van der Waals surface area contributed by atoms with E-state index in [1.807, 2.05) is 0 Å². The van der Waals surface area contributed by atoms with E-state index in [-0.39, 0.29) is 23.7 Å². The number of piperidine rings is 1. The van der Waals surface area contributed by atoms with Crippen molar-refractivity contribution in [2.45, 2.75) is 38.9 Å². The molecule has 0 atom stereocenters. The highest BCUT2D eigenvalue weighted by Crippen LogP contribution is 2.33. The van der Waals surface area contributed by atoms with Crippen LogP contribution in [-0.2, 0) is 10.9 Å². The number of fused-ring (bicyclic) bond motifs is 1. The van der Waals surface area contributed by atoms with E-state index in [0.29, 0.717) is 47.9 Å². The number of benzene rings is 1. The van der Waals surface area contributed by atoms with Crippen LogP contribution >= 0.6 is 11.3 Å². The molecule has 1 saturated heterocycles. The van der Waals surface area contributed by atoms with Gasteiger partial charge in [-0.3, -0.25) is 4.79 Å². The molecule has 3 heterocycles. The average molecular weight is 481 g/mol. The van der Waals surface area contributed by atoms with Gasteiger partial charge in [0.1, 0.15) is 4.83 Å². The molecule has 1 aliphatic heterocycles. The Morgan fingerprint density at radius 2 is 1.97 bits per heavy atom. The van der Waals surface area contributed by atoms with Gasteiger partial charge in [0.25, 0.3) is 5.91 Å². The van der Waals surface area contributed by atoms with Crippen molar-refractivity contribution in [1.29, 1.82) is 0 Å². The summed E-state index contributed by atoms with van der Waals surface area (Å²) < 4.78 is 45.9. The maximum atomic E-state index is 13.1. The number of ether oxygens (including phenoxy) is 1. The summed E-state index contributed by atoms with van der Waals surface area (Å²) in [4.78, 5) is 27.4. The molecule has 4 rings (SSSR count). The number of alkyl halides is 3. The zero-order valence-corrected chi connectivity index (χ0v) is 18.9. The van der Waals surface area contributed by atoms with Crippen LogP contribution in [0.15, 0.2) is 30.3 Å². The van der Waals surface area contributed by atoms with Crippen molar-refractivity contribution in [2.75, 3.05) is 19.7 Å². The number of thiophene rings is 1. The van der Waals surface area contributed by atoms with Gasteiger partial charge in [-0.2, -0.15) is 18.3 Å². The summed E-state index contributed by atoms with van der Waals surface area (Å²) in [6, 6.07) is 6.59. The van der Waals surface area contributed by atoms with E-state index in [9.17, 15) is 22.8 Å². The first-order chi connectivity index (χ1) is 15.7. The molecule has 1 aliphatic rings. The fraction of sp³-hybridized carbons (Fsp3) is 0.409. The average Bonchev–Trinajstić information content (AvgIpc) is 3.35. The molecular weight excluding hydrogens is 457 g/mol. The Morgan fingerprint density at radius 3 is 2.64 bits per heavy atom. The number of nitrogens with one attached hydrogen (secondary N) is 1. The maximum absolute atomic E-state index is 13.1. The first kappa shape index (κ1) is 23.1. The van der Waals surface area contributed by atoms with Crippen LogP contribution in [0.2, 0.25) is 0 Å². The van der Waals surface area contributed by atoms with Crippen molar-refractivity contribution in [3.05, 3.63) is 46.5 Å². The molecule has 2 aromatic heterocycles. The lowest BCUT2D eigenvalue weighted by Crippen LogP contribution is -2.46. The summed E-state index contributed by atoms with van der Waals surface area (Å²) in [5.41, 5.74) is 0.147. The highest BCUT2D eigenvalue weighted by Gasteiger charge is 2.31. The van der Waals surface area contributed by atoms with Crippen molar-refractivity contribution in [1.82, 2.24) is 20.0 Å². The molecule has 7 nitrogen and oxygen atoms in total. The number of carbonyl (C=O) groups is 2. The van der Waals surface area contributed by atoms with Gasteiger partial charge in [0, 0.05) is 24.5 Å². The zero-order chi connectivity index (χ0) is 23.8. The van der Waals surface area contributed by atoms with Crippen LogP contribution in [-0.4, -0.2) is 52.4 Å². The Hall–Kier alpha value is -3.08. The summed E-state index contributed by atoms with van der Waals surface area (Å²) in [5, 5.41) is 8.10. The maximum Gasteiger partial charge on any atom is 0.416 e. The number of rotatable bonds is 4. The Kier molecular flexibility index (Phi) is 6.33. The van der Waals surface area contributed by atoms with E-state index in [4.69, 9.17) is 4.74 Å². The minimum Gasteiger partial charge on any atom is -0.450 e. The zero-order valence-electron chi connectivity index (χ0n) is 18.1. The number of nitrogens with zero attached hydrogens (tertiary/aromatic N) is 3. The van der Waals surface area contributed by atoms with Gasteiger partial charge in [0.15, 0.2) is 0 Å². The molecule has 11 heteroatoms. The number of aromatic nitrogens is 2. The SMILES string of the molecule is CCOC(=O)N1CCC(NC(=O)c2cc3c(C)nn(-c4cccc(C(F)(F)F)c4)c3s2)CC1. The molecule has 1 fully saturated rings. The number of halogens is 3. The quantitative estimate of drug-likeness (QED) is 0.584. The number of hydrogen-bond acceptors (Lipinski definition) is 5. The van der Waals surface area contributed by atoms with Crippen LogP contribution in [0.3, 0.4) is 0 Å². The lowest BCUT2D eigenvalue weighted by Gasteiger charge is -2.31. The molecule has 1 aromatic carbocycles. The van der Waals surface area contributed by atoms with E-state index in [2.05, 4.69) is 10.4 Å².